The highest BCUT2D eigenvalue weighted by Gasteiger charge is 2.05. The Morgan fingerprint density at radius 3 is 2.75 bits per heavy atom. The van der Waals surface area contributed by atoms with Crippen molar-refractivity contribution in [1.29, 1.82) is 5.26 Å². The highest BCUT2D eigenvalue weighted by Crippen LogP contribution is 2.06. The van der Waals surface area contributed by atoms with Crippen LogP contribution in [-0.2, 0) is 0 Å². The maximum absolute atomic E-state index is 10.6. The summed E-state index contributed by atoms with van der Waals surface area (Å²) >= 11 is 5.19. The molecule has 60 valence electrons. The van der Waals surface area contributed by atoms with Crippen LogP contribution in [0.15, 0.2) is 12.1 Å². The van der Waals surface area contributed by atoms with Gasteiger partial charge in [0.15, 0.2) is 0 Å². The van der Waals surface area contributed by atoms with Gasteiger partial charge < -0.3 is 0 Å². The standard InChI is InChI=1S/C8H5ClN2O/c1-5-6(4-10)2-3-7(11-5)8(9)12/h2-3H,1H3. The first-order chi connectivity index (χ1) is 5.65. The van der Waals surface area contributed by atoms with E-state index >= 15 is 0 Å². The first kappa shape index (κ1) is 8.69. The van der Waals surface area contributed by atoms with Crippen LogP contribution in [0.25, 0.3) is 0 Å². The van der Waals surface area contributed by atoms with Crippen LogP contribution in [-0.4, -0.2) is 10.2 Å². The number of rotatable bonds is 1. The predicted octanol–water partition coefficient (Wildman–Crippen LogP) is 1.64. The summed E-state index contributed by atoms with van der Waals surface area (Å²) in [6, 6.07) is 4.90. The maximum atomic E-state index is 10.6. The van der Waals surface area contributed by atoms with Gasteiger partial charge in [0, 0.05) is 0 Å². The Balaban J connectivity index is 3.21. The van der Waals surface area contributed by atoms with E-state index in [0.29, 0.717) is 11.3 Å². The van der Waals surface area contributed by atoms with Crippen LogP contribution in [0.4, 0.5) is 0 Å². The molecule has 12 heavy (non-hydrogen) atoms. The van der Waals surface area contributed by atoms with Gasteiger partial charge in [-0.05, 0) is 30.7 Å². The molecule has 4 heteroatoms. The van der Waals surface area contributed by atoms with Gasteiger partial charge in [-0.2, -0.15) is 5.26 Å². The highest BCUT2D eigenvalue weighted by molar-refractivity contribution is 6.67. The van der Waals surface area contributed by atoms with Gasteiger partial charge in [-0.1, -0.05) is 0 Å². The molecule has 0 atom stereocenters. The summed E-state index contributed by atoms with van der Waals surface area (Å²) in [4.78, 5) is 14.5. The summed E-state index contributed by atoms with van der Waals surface area (Å²) < 4.78 is 0. The molecule has 0 aliphatic carbocycles. The predicted molar refractivity (Wildman–Crippen MR) is 43.9 cm³/mol. The van der Waals surface area contributed by atoms with Crippen molar-refractivity contribution in [2.75, 3.05) is 0 Å². The third-order valence-corrected chi connectivity index (χ3v) is 1.60. The molecule has 1 aromatic heterocycles. The average Bonchev–Trinajstić information content (AvgIpc) is 2.04. The largest absolute Gasteiger partial charge is 0.274 e. The molecule has 1 rings (SSSR count). The van der Waals surface area contributed by atoms with Crippen molar-refractivity contribution in [1.82, 2.24) is 4.98 Å². The molecule has 0 saturated carbocycles. The van der Waals surface area contributed by atoms with E-state index < -0.39 is 5.24 Å². The molecule has 0 unspecified atom stereocenters. The van der Waals surface area contributed by atoms with Gasteiger partial charge in [-0.15, -0.1) is 0 Å². The lowest BCUT2D eigenvalue weighted by atomic mass is 10.2. The van der Waals surface area contributed by atoms with Crippen molar-refractivity contribution in [3.63, 3.8) is 0 Å². The lowest BCUT2D eigenvalue weighted by molar-refractivity contribution is 0.107. The lowest BCUT2D eigenvalue weighted by Gasteiger charge is -1.96. The van der Waals surface area contributed by atoms with Crippen molar-refractivity contribution < 1.29 is 4.79 Å². The van der Waals surface area contributed by atoms with E-state index in [-0.39, 0.29) is 5.69 Å². The molecule has 0 bridgehead atoms. The van der Waals surface area contributed by atoms with Gasteiger partial charge in [0.05, 0.1) is 11.3 Å². The number of aryl methyl sites for hydroxylation is 1. The van der Waals surface area contributed by atoms with Crippen LogP contribution < -0.4 is 0 Å². The van der Waals surface area contributed by atoms with Gasteiger partial charge in [-0.3, -0.25) is 4.79 Å². The monoisotopic (exact) mass is 180 g/mol. The van der Waals surface area contributed by atoms with Crippen molar-refractivity contribution in [3.8, 4) is 6.07 Å². The van der Waals surface area contributed by atoms with Gasteiger partial charge >= 0.3 is 0 Å². The summed E-state index contributed by atoms with van der Waals surface area (Å²) in [5.74, 6) is 0. The summed E-state index contributed by atoms with van der Waals surface area (Å²) in [5.41, 5.74) is 1.15. The first-order valence-corrected chi connectivity index (χ1v) is 3.60. The van der Waals surface area contributed by atoms with Crippen LogP contribution >= 0.6 is 11.6 Å². The Labute approximate surface area is 74.6 Å². The highest BCUT2D eigenvalue weighted by atomic mass is 35.5. The van der Waals surface area contributed by atoms with E-state index in [4.69, 9.17) is 16.9 Å². The van der Waals surface area contributed by atoms with Crippen LogP contribution in [0.2, 0.25) is 0 Å². The van der Waals surface area contributed by atoms with Crippen LogP contribution in [0.3, 0.4) is 0 Å². The van der Waals surface area contributed by atoms with Crippen molar-refractivity contribution in [2.24, 2.45) is 0 Å². The number of nitriles is 1. The zero-order valence-corrected chi connectivity index (χ0v) is 7.09. The van der Waals surface area contributed by atoms with Crippen LogP contribution in [0, 0.1) is 18.3 Å². The topological polar surface area (TPSA) is 53.8 Å². The van der Waals surface area contributed by atoms with Gasteiger partial charge in [-0.25, -0.2) is 4.98 Å². The molecule has 0 aliphatic rings. The number of hydrogen-bond acceptors (Lipinski definition) is 3. The Hall–Kier alpha value is -1.40. The SMILES string of the molecule is Cc1nc(C(=O)Cl)ccc1C#N. The third kappa shape index (κ3) is 1.60. The van der Waals surface area contributed by atoms with Crippen molar-refractivity contribution >= 4 is 16.8 Å². The molecule has 0 saturated heterocycles. The van der Waals surface area contributed by atoms with Crippen LogP contribution in [0.1, 0.15) is 21.7 Å². The minimum absolute atomic E-state index is 0.174. The van der Waals surface area contributed by atoms with Gasteiger partial charge in [0.1, 0.15) is 11.8 Å². The number of aromatic nitrogens is 1. The van der Waals surface area contributed by atoms with Crippen molar-refractivity contribution in [2.45, 2.75) is 6.92 Å². The fraction of sp³-hybridized carbons (Fsp3) is 0.125. The quantitative estimate of drug-likeness (QED) is 0.618. The summed E-state index contributed by atoms with van der Waals surface area (Å²) in [7, 11) is 0. The van der Waals surface area contributed by atoms with E-state index in [1.165, 1.54) is 12.1 Å². The Morgan fingerprint density at radius 1 is 1.67 bits per heavy atom. The average molecular weight is 181 g/mol. The third-order valence-electron chi connectivity index (χ3n) is 1.41. The van der Waals surface area contributed by atoms with E-state index in [0.717, 1.165) is 0 Å². The lowest BCUT2D eigenvalue weighted by Crippen LogP contribution is -1.97. The second kappa shape index (κ2) is 3.33. The molecule has 0 fully saturated rings. The number of nitrogens with zero attached hydrogens (tertiary/aromatic N) is 2. The summed E-state index contributed by atoms with van der Waals surface area (Å²) in [5, 5.41) is 7.93. The fourth-order valence-electron chi connectivity index (χ4n) is 0.789. The molecular weight excluding hydrogens is 176 g/mol. The summed E-state index contributed by atoms with van der Waals surface area (Å²) in [6.07, 6.45) is 0. The number of carbonyl (C=O) groups excluding carboxylic acids is 1. The number of halogens is 1. The van der Waals surface area contributed by atoms with E-state index in [2.05, 4.69) is 4.98 Å². The minimum atomic E-state index is -0.609. The molecule has 0 N–H and O–H groups in total. The zero-order chi connectivity index (χ0) is 9.14. The molecule has 1 aromatic rings. The number of hydrogen-bond donors (Lipinski definition) is 0. The second-order valence-corrected chi connectivity index (χ2v) is 2.56. The number of pyridine rings is 1. The Morgan fingerprint density at radius 2 is 2.33 bits per heavy atom. The number of carbonyl (C=O) groups is 1. The Bertz CT molecular complexity index is 368. The Kier molecular flexibility index (Phi) is 2.41. The van der Waals surface area contributed by atoms with E-state index in [1.54, 1.807) is 6.92 Å². The molecule has 0 spiro atoms. The molecule has 3 nitrogen and oxygen atoms in total. The molecular formula is C8H5ClN2O. The molecule has 0 amide bonds. The first-order valence-electron chi connectivity index (χ1n) is 3.22. The van der Waals surface area contributed by atoms with E-state index in [9.17, 15) is 4.79 Å². The summed E-state index contributed by atoms with van der Waals surface area (Å²) in [6.45, 7) is 1.65. The molecule has 0 aromatic carbocycles. The molecule has 0 radical (unpaired) electrons. The second-order valence-electron chi connectivity index (χ2n) is 2.21. The molecule has 0 aliphatic heterocycles. The maximum Gasteiger partial charge on any atom is 0.270 e. The van der Waals surface area contributed by atoms with E-state index in [1.807, 2.05) is 6.07 Å². The fourth-order valence-corrected chi connectivity index (χ4v) is 0.894. The zero-order valence-electron chi connectivity index (χ0n) is 6.34. The van der Waals surface area contributed by atoms with Gasteiger partial charge in [0.25, 0.3) is 5.24 Å². The van der Waals surface area contributed by atoms with Crippen molar-refractivity contribution in [3.05, 3.63) is 29.1 Å². The van der Waals surface area contributed by atoms with Crippen LogP contribution in [0.5, 0.6) is 0 Å². The normalized spacial score (nSPS) is 9.08. The minimum Gasteiger partial charge on any atom is -0.274 e. The smallest absolute Gasteiger partial charge is 0.270 e. The molecule has 1 heterocycles. The van der Waals surface area contributed by atoms with Gasteiger partial charge in [0.2, 0.25) is 0 Å².